The van der Waals surface area contributed by atoms with Crippen LogP contribution in [0.2, 0.25) is 0 Å². The van der Waals surface area contributed by atoms with Gasteiger partial charge in [-0.15, -0.1) is 0 Å². The van der Waals surface area contributed by atoms with Crippen LogP contribution >= 0.6 is 11.8 Å². The Morgan fingerprint density at radius 2 is 1.78 bits per heavy atom. The molecule has 0 aromatic heterocycles. The van der Waals surface area contributed by atoms with Crippen molar-refractivity contribution in [1.29, 1.82) is 0 Å². The molecule has 0 aliphatic rings. The van der Waals surface area contributed by atoms with E-state index < -0.39 is 0 Å². The van der Waals surface area contributed by atoms with Crippen LogP contribution in [0.15, 0.2) is 64.4 Å². The van der Waals surface area contributed by atoms with Gasteiger partial charge in [0.05, 0.1) is 0 Å². The topological polar surface area (TPSA) is 26.3 Å². The summed E-state index contributed by atoms with van der Waals surface area (Å²) in [5.41, 5.74) is 0.961. The quantitative estimate of drug-likeness (QED) is 0.799. The summed E-state index contributed by atoms with van der Waals surface area (Å²) in [6.45, 7) is 0. The van der Waals surface area contributed by atoms with Crippen molar-refractivity contribution in [1.82, 2.24) is 0 Å². The van der Waals surface area contributed by atoms with Crippen LogP contribution in [0.5, 0.6) is 0 Å². The first-order valence-corrected chi connectivity index (χ1v) is 6.78. The van der Waals surface area contributed by atoms with Gasteiger partial charge in [-0.25, -0.2) is 0 Å². The molecule has 2 nitrogen and oxygen atoms in total. The fourth-order valence-electron chi connectivity index (χ4n) is 1.55. The molecule has 0 aliphatic carbocycles. The van der Waals surface area contributed by atoms with Gasteiger partial charge in [-0.3, -0.25) is 0 Å². The molecule has 18 heavy (non-hydrogen) atoms. The van der Waals surface area contributed by atoms with E-state index in [0.717, 1.165) is 10.5 Å². The molecular weight excluding hydrogens is 259 g/mol. The van der Waals surface area contributed by atoms with Gasteiger partial charge in [0.1, 0.15) is 0 Å². The van der Waals surface area contributed by atoms with Crippen LogP contribution in [0.3, 0.4) is 0 Å². The van der Waals surface area contributed by atoms with E-state index in [1.165, 1.54) is 4.90 Å². The molecule has 86 valence electrons. The Labute approximate surface area is 119 Å². The molecule has 0 heterocycles. The molecule has 2 rings (SSSR count). The van der Waals surface area contributed by atoms with E-state index in [9.17, 15) is 4.79 Å². The minimum atomic E-state index is -0.248. The number of rotatable bonds is 4. The molecule has 0 radical (unpaired) electrons. The minimum absolute atomic E-state index is 0.248. The summed E-state index contributed by atoms with van der Waals surface area (Å²) >= 11 is 3.66. The summed E-state index contributed by atoms with van der Waals surface area (Å²) in [5.74, 6) is -0.248. The second-order valence-corrected chi connectivity index (χ2v) is 5.11. The Bertz CT molecular complexity index is 528. The zero-order valence-corrected chi connectivity index (χ0v) is 11.7. The van der Waals surface area contributed by atoms with Crippen LogP contribution in [-0.2, 0) is 15.0 Å². The Hall–Kier alpha value is -1.21. The van der Waals surface area contributed by atoms with Gasteiger partial charge in [0.15, 0.2) is 0 Å². The number of carbonyl (C=O) groups is 1. The number of hydrogen-bond donors (Lipinski definition) is 0. The second kappa shape index (κ2) is 6.65. The molecule has 0 saturated carbocycles. The predicted octanol–water partition coefficient (Wildman–Crippen LogP) is 3.01. The van der Waals surface area contributed by atoms with Gasteiger partial charge in [0.25, 0.3) is 0 Å². The van der Waals surface area contributed by atoms with Gasteiger partial charge in [-0.1, -0.05) is 0 Å². The maximum absolute atomic E-state index is 11.2. The monoisotopic (exact) mass is 270 g/mol. The van der Waals surface area contributed by atoms with Crippen molar-refractivity contribution in [2.24, 2.45) is 0 Å². The van der Waals surface area contributed by atoms with E-state index in [1.807, 2.05) is 59.1 Å². The van der Waals surface area contributed by atoms with Crippen LogP contribution in [-0.4, -0.2) is 22.6 Å². The van der Waals surface area contributed by atoms with Crippen molar-refractivity contribution >= 4 is 34.4 Å². The van der Waals surface area contributed by atoms with E-state index in [2.05, 4.69) is 15.9 Å². The van der Waals surface area contributed by atoms with Crippen LogP contribution in [0, 0.1) is 0 Å². The Morgan fingerprint density at radius 3 is 2.50 bits per heavy atom. The van der Waals surface area contributed by atoms with Gasteiger partial charge in [-0.2, -0.15) is 0 Å². The fraction of sp³-hybridized carbons (Fsp3) is 0.0714. The molecule has 0 aliphatic heterocycles. The van der Waals surface area contributed by atoms with Gasteiger partial charge in [0, 0.05) is 0 Å². The molecule has 0 saturated heterocycles. The first-order chi connectivity index (χ1) is 8.78. The van der Waals surface area contributed by atoms with Crippen molar-refractivity contribution in [3.05, 3.63) is 60.2 Å². The molecule has 2 aromatic rings. The molecule has 0 bridgehead atoms. The van der Waals surface area contributed by atoms with Gasteiger partial charge in [0.2, 0.25) is 0 Å². The van der Waals surface area contributed by atoms with E-state index in [0.29, 0.717) is 6.42 Å². The van der Waals surface area contributed by atoms with Crippen LogP contribution in [0.4, 0.5) is 0 Å². The molecule has 2 aromatic carbocycles. The summed E-state index contributed by atoms with van der Waals surface area (Å²) < 4.78 is 4.58. The number of hydrogen-bond acceptors (Lipinski definition) is 3. The standard InChI is InChI=1S/C14H12O2S.Al/c15-14(16)10-11-5-4-8-13(9-11)17-12-6-2-1-3-7-12;/h1-9H,10H2,(H,15,16);/q;+3/p-1. The van der Waals surface area contributed by atoms with Gasteiger partial charge >= 0.3 is 119 Å². The van der Waals surface area contributed by atoms with E-state index >= 15 is 0 Å². The van der Waals surface area contributed by atoms with E-state index in [1.54, 1.807) is 11.8 Å². The van der Waals surface area contributed by atoms with E-state index in [-0.39, 0.29) is 5.97 Å². The normalized spacial score (nSPS) is 10.1. The molecule has 0 spiro atoms. The average Bonchev–Trinajstić information content (AvgIpc) is 2.40. The van der Waals surface area contributed by atoms with Crippen molar-refractivity contribution in [3.8, 4) is 0 Å². The summed E-state index contributed by atoms with van der Waals surface area (Å²) in [4.78, 5) is 13.5. The Kier molecular flexibility index (Phi) is 4.89. The molecule has 0 fully saturated rings. The number of carbonyl (C=O) groups excluding carboxylic acids is 1. The van der Waals surface area contributed by atoms with Gasteiger partial charge < -0.3 is 0 Å². The molecular formula is C14H11AlO2S+2. The summed E-state index contributed by atoms with van der Waals surface area (Å²) in [7, 11) is 0. The van der Waals surface area contributed by atoms with Crippen LogP contribution < -0.4 is 0 Å². The second-order valence-electron chi connectivity index (χ2n) is 3.73. The molecule has 0 N–H and O–H groups in total. The van der Waals surface area contributed by atoms with Gasteiger partial charge in [-0.05, 0) is 0 Å². The third-order valence-electron chi connectivity index (χ3n) is 2.36. The molecule has 0 atom stereocenters. The summed E-state index contributed by atoms with van der Waals surface area (Å²) in [6.07, 6.45) is 0.298. The van der Waals surface area contributed by atoms with Crippen LogP contribution in [0.1, 0.15) is 5.56 Å². The summed E-state index contributed by atoms with van der Waals surface area (Å²) in [6, 6.07) is 18.1. The van der Waals surface area contributed by atoms with E-state index in [4.69, 9.17) is 0 Å². The third-order valence-corrected chi connectivity index (χ3v) is 3.62. The molecule has 0 amide bonds. The first-order valence-electron chi connectivity index (χ1n) is 5.49. The predicted molar refractivity (Wildman–Crippen MR) is 72.6 cm³/mol. The van der Waals surface area contributed by atoms with Crippen molar-refractivity contribution < 1.29 is 8.58 Å². The van der Waals surface area contributed by atoms with Crippen molar-refractivity contribution in [2.75, 3.05) is 0 Å². The first kappa shape index (κ1) is 13.2. The Balaban J connectivity index is 2.10. The van der Waals surface area contributed by atoms with Crippen LogP contribution in [0.25, 0.3) is 0 Å². The third kappa shape index (κ3) is 3.92. The maximum atomic E-state index is 11.2. The summed E-state index contributed by atoms with van der Waals surface area (Å²) in [5, 5.41) is 0. The number of benzene rings is 2. The molecule has 4 heteroatoms. The Morgan fingerprint density at radius 1 is 1.06 bits per heavy atom. The van der Waals surface area contributed by atoms with Crippen molar-refractivity contribution in [2.45, 2.75) is 16.2 Å². The zero-order valence-electron chi connectivity index (χ0n) is 9.71. The zero-order chi connectivity index (χ0) is 12.8. The fourth-order valence-corrected chi connectivity index (χ4v) is 2.56. The average molecular weight is 270 g/mol. The molecule has 0 unspecified atom stereocenters. The SMILES string of the molecule is O=C(Cc1cccc(Sc2ccccc2)c1)[O][Al+2]. The van der Waals surface area contributed by atoms with Crippen molar-refractivity contribution in [3.63, 3.8) is 0 Å².